The molecule has 192 valence electrons. The second-order valence-electron chi connectivity index (χ2n) is 10.0. The molecule has 2 N–H and O–H groups in total. The van der Waals surface area contributed by atoms with Gasteiger partial charge < -0.3 is 24.7 Å². The third-order valence-electron chi connectivity index (χ3n) is 7.84. The zero-order valence-corrected chi connectivity index (χ0v) is 20.4. The first kappa shape index (κ1) is 23.4. The van der Waals surface area contributed by atoms with Gasteiger partial charge in [-0.25, -0.2) is 4.98 Å². The molecular weight excluding hydrogens is 474 g/mol. The average molecular weight is 504 g/mol. The number of aliphatic hydroxyl groups is 1. The molecule has 3 fully saturated rings. The molecule has 3 aliphatic heterocycles. The Morgan fingerprint density at radius 2 is 1.86 bits per heavy atom. The van der Waals surface area contributed by atoms with E-state index in [1.54, 1.807) is 33.2 Å². The topological polar surface area (TPSA) is 126 Å². The predicted molar refractivity (Wildman–Crippen MR) is 134 cm³/mol. The van der Waals surface area contributed by atoms with Gasteiger partial charge in [0.1, 0.15) is 12.1 Å². The molecule has 3 saturated heterocycles. The first-order valence-electron chi connectivity index (χ1n) is 12.6. The Hall–Kier alpha value is -3.99. The summed E-state index contributed by atoms with van der Waals surface area (Å²) in [6.07, 6.45) is 4.16. The molecule has 3 aliphatic rings. The zero-order chi connectivity index (χ0) is 25.6. The number of piperidine rings is 1. The van der Waals surface area contributed by atoms with Crippen molar-refractivity contribution in [1.29, 1.82) is 0 Å². The monoisotopic (exact) mass is 503 g/mol. The Morgan fingerprint density at radius 3 is 2.59 bits per heavy atom. The number of aliphatic hydroxyl groups excluding tert-OH is 1. The van der Waals surface area contributed by atoms with Crippen LogP contribution in [0, 0.1) is 0 Å². The van der Waals surface area contributed by atoms with Crippen molar-refractivity contribution < 1.29 is 19.5 Å². The van der Waals surface area contributed by atoms with E-state index in [0.717, 1.165) is 11.1 Å². The Morgan fingerprint density at radius 1 is 1.08 bits per heavy atom. The number of para-hydroxylation sites is 1. The van der Waals surface area contributed by atoms with Crippen molar-refractivity contribution in [2.75, 3.05) is 44.3 Å². The highest BCUT2D eigenvalue weighted by atomic mass is 16.3. The fraction of sp³-hybridized carbons (Fsp3) is 0.423. The van der Waals surface area contributed by atoms with E-state index >= 15 is 0 Å². The molecule has 5 heterocycles. The van der Waals surface area contributed by atoms with E-state index in [2.05, 4.69) is 20.1 Å². The number of carbonyl (C=O) groups excluding carboxylic acids is 3. The van der Waals surface area contributed by atoms with Gasteiger partial charge in [-0.2, -0.15) is 5.10 Å². The van der Waals surface area contributed by atoms with Crippen LogP contribution in [0.2, 0.25) is 0 Å². The molecule has 0 aliphatic carbocycles. The SMILES string of the molecule is O=C(CN1CN(c2ccccc2)C2(CCN(C(=O)c3cnc4[nH]ncc4c3)CC2)C1=O)N1CC[C@@H](O)C1. The fourth-order valence-corrected chi connectivity index (χ4v) is 5.77. The number of anilines is 1. The first-order valence-corrected chi connectivity index (χ1v) is 12.6. The van der Waals surface area contributed by atoms with E-state index in [0.29, 0.717) is 63.3 Å². The minimum Gasteiger partial charge on any atom is -0.391 e. The minimum atomic E-state index is -0.824. The van der Waals surface area contributed by atoms with E-state index in [1.807, 2.05) is 30.3 Å². The molecule has 3 amide bonds. The average Bonchev–Trinajstić information content (AvgIpc) is 3.64. The maximum atomic E-state index is 13.9. The van der Waals surface area contributed by atoms with E-state index in [-0.39, 0.29) is 24.3 Å². The summed E-state index contributed by atoms with van der Waals surface area (Å²) in [5.41, 5.74) is 1.21. The van der Waals surface area contributed by atoms with Crippen molar-refractivity contribution in [2.45, 2.75) is 30.9 Å². The normalized spacial score (nSPS) is 21.4. The summed E-state index contributed by atoms with van der Waals surface area (Å²) in [6.45, 7) is 1.93. The highest BCUT2D eigenvalue weighted by Crippen LogP contribution is 2.39. The summed E-state index contributed by atoms with van der Waals surface area (Å²) in [6, 6.07) is 11.5. The maximum Gasteiger partial charge on any atom is 0.255 e. The van der Waals surface area contributed by atoms with E-state index in [1.165, 1.54) is 0 Å². The molecule has 1 spiro atoms. The third-order valence-corrected chi connectivity index (χ3v) is 7.84. The van der Waals surface area contributed by atoms with Gasteiger partial charge in [0.05, 0.1) is 24.5 Å². The number of pyridine rings is 1. The lowest BCUT2D eigenvalue weighted by Gasteiger charge is -2.43. The largest absolute Gasteiger partial charge is 0.391 e. The van der Waals surface area contributed by atoms with E-state index < -0.39 is 11.6 Å². The minimum absolute atomic E-state index is 0.0182. The summed E-state index contributed by atoms with van der Waals surface area (Å²) >= 11 is 0. The van der Waals surface area contributed by atoms with Crippen LogP contribution in [-0.2, 0) is 9.59 Å². The second-order valence-corrected chi connectivity index (χ2v) is 10.0. The van der Waals surface area contributed by atoms with E-state index in [9.17, 15) is 19.5 Å². The first-order chi connectivity index (χ1) is 17.9. The number of amides is 3. The number of aromatic nitrogens is 3. The molecule has 1 atom stereocenters. The number of aromatic amines is 1. The zero-order valence-electron chi connectivity index (χ0n) is 20.4. The number of hydrogen-bond donors (Lipinski definition) is 2. The van der Waals surface area contributed by atoms with Crippen molar-refractivity contribution in [2.24, 2.45) is 0 Å². The van der Waals surface area contributed by atoms with Crippen LogP contribution in [0.3, 0.4) is 0 Å². The van der Waals surface area contributed by atoms with E-state index in [4.69, 9.17) is 0 Å². The van der Waals surface area contributed by atoms with Crippen LogP contribution >= 0.6 is 0 Å². The summed E-state index contributed by atoms with van der Waals surface area (Å²) in [5.74, 6) is -0.357. The fourth-order valence-electron chi connectivity index (χ4n) is 5.77. The Balaban J connectivity index is 1.21. The lowest BCUT2D eigenvalue weighted by Crippen LogP contribution is -2.57. The predicted octanol–water partition coefficient (Wildman–Crippen LogP) is 0.832. The van der Waals surface area contributed by atoms with Gasteiger partial charge >= 0.3 is 0 Å². The molecule has 2 aromatic heterocycles. The summed E-state index contributed by atoms with van der Waals surface area (Å²) in [7, 11) is 0. The van der Waals surface area contributed by atoms with Gasteiger partial charge in [0, 0.05) is 43.4 Å². The Bertz CT molecular complexity index is 1330. The van der Waals surface area contributed by atoms with Crippen LogP contribution in [0.5, 0.6) is 0 Å². The summed E-state index contributed by atoms with van der Waals surface area (Å²) in [5, 5.41) is 17.3. The molecule has 0 bridgehead atoms. The van der Waals surface area contributed by atoms with Gasteiger partial charge in [0.25, 0.3) is 11.8 Å². The van der Waals surface area contributed by atoms with Crippen molar-refractivity contribution >= 4 is 34.4 Å². The highest BCUT2D eigenvalue weighted by molar-refractivity contribution is 5.98. The number of benzene rings is 1. The summed E-state index contributed by atoms with van der Waals surface area (Å²) in [4.78, 5) is 51.4. The number of H-pyrrole nitrogens is 1. The van der Waals surface area contributed by atoms with Gasteiger partial charge in [0.2, 0.25) is 5.91 Å². The third kappa shape index (κ3) is 4.08. The molecule has 0 saturated carbocycles. The molecule has 6 rings (SSSR count). The number of nitrogens with one attached hydrogen (secondary N) is 1. The molecule has 1 aromatic carbocycles. The van der Waals surface area contributed by atoms with Gasteiger partial charge in [-0.3, -0.25) is 19.5 Å². The number of β-amino-alcohol motifs (C(OH)–C–C–N with tert-alkyl or cyclic N) is 1. The molecule has 11 nitrogen and oxygen atoms in total. The number of fused-ring (bicyclic) bond motifs is 1. The van der Waals surface area contributed by atoms with Crippen LogP contribution < -0.4 is 4.90 Å². The molecule has 11 heteroatoms. The van der Waals surface area contributed by atoms with Gasteiger partial charge in [-0.05, 0) is 37.5 Å². The van der Waals surface area contributed by atoms with Crippen molar-refractivity contribution in [3.05, 3.63) is 54.4 Å². The van der Waals surface area contributed by atoms with Crippen molar-refractivity contribution in [3.8, 4) is 0 Å². The summed E-state index contributed by atoms with van der Waals surface area (Å²) < 4.78 is 0. The standard InChI is InChI=1S/C26H29N7O4/c34-21-6-9-31(15-21)22(35)16-32-17-33(20-4-2-1-3-5-20)26(25(32)37)7-10-30(11-8-26)24(36)19-12-18-14-28-29-23(18)27-13-19/h1-5,12-14,21,34H,6-11,15-17H2,(H,27,28,29)/t21-/m1/s1. The maximum absolute atomic E-state index is 13.9. The number of carbonyl (C=O) groups is 3. The van der Waals surface area contributed by atoms with Crippen molar-refractivity contribution in [1.82, 2.24) is 29.9 Å². The highest BCUT2D eigenvalue weighted by Gasteiger charge is 2.54. The quantitative estimate of drug-likeness (QED) is 0.540. The van der Waals surface area contributed by atoms with Gasteiger partial charge in [-0.1, -0.05) is 18.2 Å². The smallest absolute Gasteiger partial charge is 0.255 e. The second kappa shape index (κ2) is 9.15. The van der Waals surface area contributed by atoms with Gasteiger partial charge in [0.15, 0.2) is 5.65 Å². The Labute approximate surface area is 213 Å². The number of hydrogen-bond acceptors (Lipinski definition) is 7. The lowest BCUT2D eigenvalue weighted by atomic mass is 9.85. The molecule has 0 radical (unpaired) electrons. The Kier molecular flexibility index (Phi) is 5.79. The number of nitrogens with zero attached hydrogens (tertiary/aromatic N) is 6. The molecule has 0 unspecified atom stereocenters. The number of likely N-dealkylation sites (tertiary alicyclic amines) is 2. The number of rotatable bonds is 4. The molecule has 37 heavy (non-hydrogen) atoms. The van der Waals surface area contributed by atoms with Crippen LogP contribution in [0.4, 0.5) is 5.69 Å². The van der Waals surface area contributed by atoms with Crippen LogP contribution in [0.15, 0.2) is 48.8 Å². The van der Waals surface area contributed by atoms with Crippen molar-refractivity contribution in [3.63, 3.8) is 0 Å². The van der Waals surface area contributed by atoms with Crippen LogP contribution in [-0.4, -0.2) is 104 Å². The van der Waals surface area contributed by atoms with Gasteiger partial charge in [-0.15, -0.1) is 0 Å². The molecular formula is C26H29N7O4. The van der Waals surface area contributed by atoms with Crippen LogP contribution in [0.1, 0.15) is 29.6 Å². The lowest BCUT2D eigenvalue weighted by molar-refractivity contribution is -0.140. The van der Waals surface area contributed by atoms with Crippen LogP contribution in [0.25, 0.3) is 11.0 Å². The molecule has 3 aromatic rings.